The molecular weight excluding hydrogens is 326 g/mol. The molecule has 2 aliphatic heterocycles. The van der Waals surface area contributed by atoms with Crippen LogP contribution < -0.4 is 0 Å². The summed E-state index contributed by atoms with van der Waals surface area (Å²) >= 11 is 6.23. The Kier molecular flexibility index (Phi) is 4.56. The second-order valence-electron chi connectivity index (χ2n) is 7.87. The molecule has 0 bridgehead atoms. The molecule has 1 aromatic rings. The van der Waals surface area contributed by atoms with Gasteiger partial charge in [-0.3, -0.25) is 0 Å². The molecule has 0 radical (unpaired) electrons. The SMILES string of the molecule is C[C@H]1C[C@@]2(CCN1C(=O)OC(C)(C)C)OCCc1ccc(Cl)cc12. The molecule has 4 nitrogen and oxygen atoms in total. The van der Waals surface area contributed by atoms with Crippen molar-refractivity contribution in [2.75, 3.05) is 13.2 Å². The van der Waals surface area contributed by atoms with Gasteiger partial charge in [0.25, 0.3) is 0 Å². The minimum Gasteiger partial charge on any atom is -0.444 e. The van der Waals surface area contributed by atoms with Crippen LogP contribution in [0, 0.1) is 0 Å². The monoisotopic (exact) mass is 351 g/mol. The second kappa shape index (κ2) is 6.23. The number of fused-ring (bicyclic) bond motifs is 2. The summed E-state index contributed by atoms with van der Waals surface area (Å²) in [5.41, 5.74) is 1.68. The van der Waals surface area contributed by atoms with Crippen LogP contribution >= 0.6 is 11.6 Å². The summed E-state index contributed by atoms with van der Waals surface area (Å²) in [6.07, 6.45) is 2.20. The first kappa shape index (κ1) is 17.6. The van der Waals surface area contributed by atoms with Crippen LogP contribution in [0.1, 0.15) is 51.7 Å². The van der Waals surface area contributed by atoms with E-state index in [2.05, 4.69) is 13.0 Å². The van der Waals surface area contributed by atoms with E-state index in [0.717, 1.165) is 24.3 Å². The lowest BCUT2D eigenvalue weighted by atomic mass is 9.77. The van der Waals surface area contributed by atoms with E-state index < -0.39 is 5.60 Å². The summed E-state index contributed by atoms with van der Waals surface area (Å²) in [6, 6.07) is 6.13. The number of ether oxygens (including phenoxy) is 2. The maximum atomic E-state index is 12.4. The Balaban J connectivity index is 1.81. The normalized spacial score (nSPS) is 27.0. The van der Waals surface area contributed by atoms with Crippen LogP contribution in [0.4, 0.5) is 4.79 Å². The molecule has 2 atom stereocenters. The zero-order valence-electron chi connectivity index (χ0n) is 14.9. The lowest BCUT2D eigenvalue weighted by molar-refractivity contribution is -0.110. The highest BCUT2D eigenvalue weighted by Crippen LogP contribution is 2.44. The maximum absolute atomic E-state index is 12.4. The number of carbonyl (C=O) groups excluding carboxylic acids is 1. The Morgan fingerprint density at radius 3 is 2.83 bits per heavy atom. The van der Waals surface area contributed by atoms with Crippen molar-refractivity contribution in [1.29, 1.82) is 0 Å². The van der Waals surface area contributed by atoms with Gasteiger partial charge < -0.3 is 14.4 Å². The molecule has 1 aromatic carbocycles. The summed E-state index contributed by atoms with van der Waals surface area (Å²) in [4.78, 5) is 14.3. The first-order chi connectivity index (χ1) is 11.2. The summed E-state index contributed by atoms with van der Waals surface area (Å²) in [7, 11) is 0. The van der Waals surface area contributed by atoms with Gasteiger partial charge in [-0.2, -0.15) is 0 Å². The second-order valence-corrected chi connectivity index (χ2v) is 8.31. The Morgan fingerprint density at radius 1 is 1.42 bits per heavy atom. The Bertz CT molecular complexity index is 640. The minimum absolute atomic E-state index is 0.0542. The van der Waals surface area contributed by atoms with Crippen molar-refractivity contribution in [3.8, 4) is 0 Å². The van der Waals surface area contributed by atoms with Crippen LogP contribution in [0.5, 0.6) is 0 Å². The van der Waals surface area contributed by atoms with Gasteiger partial charge in [-0.05, 0) is 63.8 Å². The van der Waals surface area contributed by atoms with E-state index in [1.165, 1.54) is 11.1 Å². The molecule has 0 unspecified atom stereocenters. The van der Waals surface area contributed by atoms with E-state index in [1.807, 2.05) is 37.8 Å². The van der Waals surface area contributed by atoms with Crippen molar-refractivity contribution >= 4 is 17.7 Å². The summed E-state index contributed by atoms with van der Waals surface area (Å²) in [5.74, 6) is 0. The molecule has 2 heterocycles. The first-order valence-electron chi connectivity index (χ1n) is 8.63. The number of hydrogen-bond acceptors (Lipinski definition) is 3. The third-order valence-corrected chi connectivity index (χ3v) is 5.09. The summed E-state index contributed by atoms with van der Waals surface area (Å²) in [6.45, 7) is 9.08. The summed E-state index contributed by atoms with van der Waals surface area (Å²) < 4.78 is 11.8. The highest BCUT2D eigenvalue weighted by atomic mass is 35.5. The maximum Gasteiger partial charge on any atom is 0.410 e. The molecule has 0 saturated carbocycles. The lowest BCUT2D eigenvalue weighted by Crippen LogP contribution is -2.53. The number of piperidine rings is 1. The third kappa shape index (κ3) is 3.40. The zero-order chi connectivity index (χ0) is 17.5. The zero-order valence-corrected chi connectivity index (χ0v) is 15.7. The molecule has 1 saturated heterocycles. The Morgan fingerprint density at radius 2 is 2.17 bits per heavy atom. The van der Waals surface area contributed by atoms with E-state index in [9.17, 15) is 4.79 Å². The number of hydrogen-bond donors (Lipinski definition) is 0. The van der Waals surface area contributed by atoms with Crippen molar-refractivity contribution in [1.82, 2.24) is 4.90 Å². The van der Waals surface area contributed by atoms with Crippen molar-refractivity contribution in [3.05, 3.63) is 34.3 Å². The van der Waals surface area contributed by atoms with Crippen LogP contribution in [-0.4, -0.2) is 35.8 Å². The van der Waals surface area contributed by atoms with Crippen LogP contribution in [0.3, 0.4) is 0 Å². The molecule has 24 heavy (non-hydrogen) atoms. The number of rotatable bonds is 0. The third-order valence-electron chi connectivity index (χ3n) is 4.85. The average Bonchev–Trinajstić information content (AvgIpc) is 2.46. The topological polar surface area (TPSA) is 38.8 Å². The highest BCUT2D eigenvalue weighted by Gasteiger charge is 2.45. The molecule has 1 spiro atoms. The molecular formula is C19H26ClNO3. The van der Waals surface area contributed by atoms with Crippen LogP contribution in [0.15, 0.2) is 18.2 Å². The number of halogens is 1. The largest absolute Gasteiger partial charge is 0.444 e. The predicted molar refractivity (Wildman–Crippen MR) is 94.4 cm³/mol. The molecule has 132 valence electrons. The van der Waals surface area contributed by atoms with E-state index >= 15 is 0 Å². The van der Waals surface area contributed by atoms with Crippen LogP contribution in [0.25, 0.3) is 0 Å². The number of likely N-dealkylation sites (tertiary alicyclic amines) is 1. The van der Waals surface area contributed by atoms with Gasteiger partial charge in [-0.25, -0.2) is 4.79 Å². The number of benzene rings is 1. The Hall–Kier alpha value is -1.26. The van der Waals surface area contributed by atoms with Crippen LogP contribution in [0.2, 0.25) is 5.02 Å². The average molecular weight is 352 g/mol. The number of carbonyl (C=O) groups is 1. The van der Waals surface area contributed by atoms with Crippen molar-refractivity contribution in [2.45, 2.75) is 64.2 Å². The first-order valence-corrected chi connectivity index (χ1v) is 9.00. The smallest absolute Gasteiger partial charge is 0.410 e. The van der Waals surface area contributed by atoms with Gasteiger partial charge in [0, 0.05) is 24.0 Å². The van der Waals surface area contributed by atoms with Gasteiger partial charge in [-0.1, -0.05) is 17.7 Å². The van der Waals surface area contributed by atoms with Gasteiger partial charge in [-0.15, -0.1) is 0 Å². The fraction of sp³-hybridized carbons (Fsp3) is 0.632. The standard InChI is InChI=1S/C19H26ClNO3/c1-13-12-19(8-9-21(13)17(22)24-18(2,3)4)16-11-15(20)6-5-14(16)7-10-23-19/h5-6,11,13H,7-10,12H2,1-4H3/t13-,19+/m0/s1. The molecule has 1 amide bonds. The fourth-order valence-electron chi connectivity index (χ4n) is 3.80. The van der Waals surface area contributed by atoms with E-state index in [1.54, 1.807) is 0 Å². The van der Waals surface area contributed by atoms with Gasteiger partial charge >= 0.3 is 6.09 Å². The predicted octanol–water partition coefficient (Wildman–Crippen LogP) is 4.53. The molecule has 1 fully saturated rings. The highest BCUT2D eigenvalue weighted by molar-refractivity contribution is 6.30. The molecule has 0 N–H and O–H groups in total. The number of nitrogens with zero attached hydrogens (tertiary/aromatic N) is 1. The lowest BCUT2D eigenvalue weighted by Gasteiger charge is -2.48. The van der Waals surface area contributed by atoms with Gasteiger partial charge in [0.05, 0.1) is 12.2 Å². The molecule has 3 rings (SSSR count). The fourth-order valence-corrected chi connectivity index (χ4v) is 3.98. The molecule has 0 aliphatic carbocycles. The van der Waals surface area contributed by atoms with Crippen molar-refractivity contribution in [3.63, 3.8) is 0 Å². The van der Waals surface area contributed by atoms with E-state index in [-0.39, 0.29) is 17.7 Å². The van der Waals surface area contributed by atoms with Crippen LogP contribution in [-0.2, 0) is 21.5 Å². The van der Waals surface area contributed by atoms with E-state index in [0.29, 0.717) is 13.2 Å². The minimum atomic E-state index is -0.479. The number of amides is 1. The van der Waals surface area contributed by atoms with Crippen molar-refractivity contribution in [2.24, 2.45) is 0 Å². The van der Waals surface area contributed by atoms with Crippen molar-refractivity contribution < 1.29 is 14.3 Å². The molecule has 0 aromatic heterocycles. The summed E-state index contributed by atoms with van der Waals surface area (Å²) in [5, 5.41) is 0.737. The van der Waals surface area contributed by atoms with Gasteiger partial charge in [0.15, 0.2) is 0 Å². The van der Waals surface area contributed by atoms with Gasteiger partial charge in [0.1, 0.15) is 5.60 Å². The van der Waals surface area contributed by atoms with Gasteiger partial charge in [0.2, 0.25) is 0 Å². The quantitative estimate of drug-likeness (QED) is 0.689. The molecule has 2 aliphatic rings. The Labute approximate surface area is 149 Å². The van der Waals surface area contributed by atoms with E-state index in [4.69, 9.17) is 21.1 Å². The molecule has 5 heteroatoms.